The van der Waals surface area contributed by atoms with E-state index in [0.717, 1.165) is 108 Å². The predicted molar refractivity (Wildman–Crippen MR) is 303 cm³/mol. The zero-order chi connectivity index (χ0) is 57.3. The summed E-state index contributed by atoms with van der Waals surface area (Å²) in [6.45, 7) is 9.25. The van der Waals surface area contributed by atoms with Crippen LogP contribution >= 0.6 is 15.6 Å². The number of esters is 4. The average Bonchev–Trinajstić information content (AvgIpc) is 3.38. The van der Waals surface area contributed by atoms with Crippen LogP contribution in [0.5, 0.6) is 0 Å². The summed E-state index contributed by atoms with van der Waals surface area (Å²) in [7, 11) is -9.86. The number of unbranched alkanes of at least 4 members (excludes halogenated alkanes) is 27. The maximum absolute atomic E-state index is 12.9. The van der Waals surface area contributed by atoms with E-state index in [1.165, 1.54) is 89.9 Å². The largest absolute Gasteiger partial charge is 0.472 e. The van der Waals surface area contributed by atoms with Crippen LogP contribution in [0, 0.1) is 11.8 Å². The number of carbonyl (C=O) groups is 4. The van der Waals surface area contributed by atoms with Crippen molar-refractivity contribution in [1.82, 2.24) is 0 Å². The molecule has 77 heavy (non-hydrogen) atoms. The van der Waals surface area contributed by atoms with Gasteiger partial charge < -0.3 is 33.8 Å². The van der Waals surface area contributed by atoms with Crippen LogP contribution < -0.4 is 0 Å². The zero-order valence-electron chi connectivity index (χ0n) is 49.2. The first-order valence-corrected chi connectivity index (χ1v) is 33.5. The lowest BCUT2D eigenvalue weighted by atomic mass is 10.0. The highest BCUT2D eigenvalue weighted by molar-refractivity contribution is 7.47. The molecule has 0 saturated heterocycles. The lowest BCUT2D eigenvalue weighted by molar-refractivity contribution is -0.161. The molecule has 0 aliphatic heterocycles. The van der Waals surface area contributed by atoms with Crippen molar-refractivity contribution >= 4 is 39.5 Å². The summed E-state index contributed by atoms with van der Waals surface area (Å²) in [5, 5.41) is 10.5. The molecule has 0 aliphatic rings. The molecule has 0 bridgehead atoms. The molecule has 0 radical (unpaired) electrons. The molecule has 0 aromatic carbocycles. The highest BCUT2D eigenvalue weighted by Crippen LogP contribution is 2.45. The normalized spacial score (nSPS) is 14.5. The van der Waals surface area contributed by atoms with E-state index in [-0.39, 0.29) is 25.7 Å². The molecule has 0 amide bonds. The van der Waals surface area contributed by atoms with E-state index in [1.54, 1.807) is 0 Å². The Morgan fingerprint density at radius 3 is 0.883 bits per heavy atom. The standard InChI is InChI=1S/C58H112O17P2/c1-7-9-11-26-34-40-55(60)68-46-53(74-57(62)42-36-27-12-10-8-2)48-72-76(64,65)70-44-52(59)45-71-77(66,67)73-49-54(47-69-56(61)41-35-30-24-21-17-19-23-29-33-39-51(5)6)75-58(63)43-37-31-25-20-16-14-13-15-18-22-28-32-38-50(3)4/h50-54,59H,7-49H2,1-6H3,(H,64,65)(H,66,67)/t52-,53+,54+/m0/s1. The molecule has 19 heteroatoms. The van der Waals surface area contributed by atoms with E-state index in [2.05, 4.69) is 41.5 Å². The molecule has 2 unspecified atom stereocenters. The van der Waals surface area contributed by atoms with Gasteiger partial charge in [-0.05, 0) is 37.5 Å². The Balaban J connectivity index is 5.13. The van der Waals surface area contributed by atoms with Crippen LogP contribution in [0.4, 0.5) is 0 Å². The van der Waals surface area contributed by atoms with Crippen LogP contribution in [0.1, 0.15) is 279 Å². The summed E-state index contributed by atoms with van der Waals surface area (Å²) in [4.78, 5) is 71.4. The Bertz CT molecular complexity index is 1530. The fraction of sp³-hybridized carbons (Fsp3) is 0.931. The summed E-state index contributed by atoms with van der Waals surface area (Å²) >= 11 is 0. The molecule has 17 nitrogen and oxygen atoms in total. The van der Waals surface area contributed by atoms with E-state index in [0.29, 0.717) is 25.7 Å². The SMILES string of the molecule is CCCCCCCC(=O)OC[C@H](COP(=O)(O)OC[C@H](O)COP(=O)(O)OC[C@@H](COC(=O)CCCCCCCCCCCC(C)C)OC(=O)CCCCCCCCCCCCCCC(C)C)OC(=O)CCCCCCC. The van der Waals surface area contributed by atoms with Crippen molar-refractivity contribution in [3.63, 3.8) is 0 Å². The second-order valence-corrected chi connectivity index (χ2v) is 24.9. The first-order valence-electron chi connectivity index (χ1n) is 30.5. The van der Waals surface area contributed by atoms with Crippen LogP contribution in [0.25, 0.3) is 0 Å². The quantitative estimate of drug-likeness (QED) is 0.0222. The van der Waals surface area contributed by atoms with Gasteiger partial charge in [0.1, 0.15) is 19.3 Å². The Morgan fingerprint density at radius 2 is 0.597 bits per heavy atom. The van der Waals surface area contributed by atoms with Crippen molar-refractivity contribution in [2.24, 2.45) is 11.8 Å². The summed E-state index contributed by atoms with van der Waals surface area (Å²) in [5.41, 5.74) is 0. The first kappa shape index (κ1) is 75.1. The van der Waals surface area contributed by atoms with Crippen molar-refractivity contribution in [3.05, 3.63) is 0 Å². The molecule has 0 rings (SSSR count). The number of hydrogen-bond acceptors (Lipinski definition) is 15. The molecule has 0 heterocycles. The van der Waals surface area contributed by atoms with E-state index in [4.69, 9.17) is 37.0 Å². The molecule has 0 fully saturated rings. The zero-order valence-corrected chi connectivity index (χ0v) is 51.0. The lowest BCUT2D eigenvalue weighted by Gasteiger charge is -2.21. The molecular weight excluding hydrogens is 1030 g/mol. The molecule has 0 saturated carbocycles. The summed E-state index contributed by atoms with van der Waals surface area (Å²) in [5.74, 6) is -0.644. The third-order valence-corrected chi connectivity index (χ3v) is 15.1. The fourth-order valence-electron chi connectivity index (χ4n) is 8.47. The van der Waals surface area contributed by atoms with Crippen molar-refractivity contribution in [2.75, 3.05) is 39.6 Å². The highest BCUT2D eigenvalue weighted by Gasteiger charge is 2.30. The smallest absolute Gasteiger partial charge is 0.462 e. The summed E-state index contributed by atoms with van der Waals surface area (Å²) in [6.07, 6.45) is 31.5. The molecule has 0 aromatic rings. The molecular formula is C58H112O17P2. The second kappa shape index (κ2) is 51.0. The van der Waals surface area contributed by atoms with Crippen LogP contribution in [-0.2, 0) is 65.4 Å². The van der Waals surface area contributed by atoms with Crippen LogP contribution in [0.2, 0.25) is 0 Å². The third kappa shape index (κ3) is 53.2. The summed E-state index contributed by atoms with van der Waals surface area (Å²) < 4.78 is 67.3. The average molecular weight is 1140 g/mol. The van der Waals surface area contributed by atoms with Gasteiger partial charge in [-0.15, -0.1) is 0 Å². The highest BCUT2D eigenvalue weighted by atomic mass is 31.2. The number of phosphoric acid groups is 2. The minimum Gasteiger partial charge on any atom is -0.462 e. The van der Waals surface area contributed by atoms with Gasteiger partial charge in [0.05, 0.1) is 26.4 Å². The number of phosphoric ester groups is 2. The van der Waals surface area contributed by atoms with Gasteiger partial charge in [0.2, 0.25) is 0 Å². The van der Waals surface area contributed by atoms with Crippen LogP contribution in [0.3, 0.4) is 0 Å². The first-order chi connectivity index (χ1) is 36.9. The predicted octanol–water partition coefficient (Wildman–Crippen LogP) is 15.3. The fourth-order valence-corrected chi connectivity index (χ4v) is 10.0. The maximum Gasteiger partial charge on any atom is 0.472 e. The topological polar surface area (TPSA) is 237 Å². The van der Waals surface area contributed by atoms with Gasteiger partial charge >= 0.3 is 39.5 Å². The molecule has 456 valence electrons. The van der Waals surface area contributed by atoms with Crippen molar-refractivity contribution < 1.29 is 80.2 Å². The van der Waals surface area contributed by atoms with Crippen molar-refractivity contribution in [2.45, 2.75) is 297 Å². The van der Waals surface area contributed by atoms with E-state index >= 15 is 0 Å². The summed E-state index contributed by atoms with van der Waals surface area (Å²) in [6, 6.07) is 0. The number of hydrogen-bond donors (Lipinski definition) is 3. The number of ether oxygens (including phenoxy) is 4. The Hall–Kier alpha value is -1.94. The van der Waals surface area contributed by atoms with Gasteiger partial charge in [0.15, 0.2) is 12.2 Å². The second-order valence-electron chi connectivity index (χ2n) is 22.0. The van der Waals surface area contributed by atoms with Gasteiger partial charge in [-0.25, -0.2) is 9.13 Å². The van der Waals surface area contributed by atoms with Gasteiger partial charge in [-0.3, -0.25) is 37.3 Å². The number of rotatable bonds is 57. The van der Waals surface area contributed by atoms with E-state index in [9.17, 15) is 43.2 Å². The number of carbonyl (C=O) groups excluding carboxylic acids is 4. The Labute approximate surface area is 467 Å². The third-order valence-electron chi connectivity index (χ3n) is 13.2. The minimum absolute atomic E-state index is 0.0984. The maximum atomic E-state index is 12.9. The van der Waals surface area contributed by atoms with Crippen molar-refractivity contribution in [3.8, 4) is 0 Å². The van der Waals surface area contributed by atoms with E-state index in [1.807, 2.05) is 0 Å². The monoisotopic (exact) mass is 1140 g/mol. The van der Waals surface area contributed by atoms with Crippen LogP contribution in [0.15, 0.2) is 0 Å². The van der Waals surface area contributed by atoms with Gasteiger partial charge in [0.25, 0.3) is 0 Å². The molecule has 0 aromatic heterocycles. The van der Waals surface area contributed by atoms with Crippen LogP contribution in [-0.4, -0.2) is 96.7 Å². The van der Waals surface area contributed by atoms with Gasteiger partial charge in [-0.1, -0.05) is 228 Å². The number of aliphatic hydroxyl groups excluding tert-OH is 1. The minimum atomic E-state index is -4.94. The van der Waals surface area contributed by atoms with Gasteiger partial charge in [0, 0.05) is 25.7 Å². The van der Waals surface area contributed by atoms with Gasteiger partial charge in [-0.2, -0.15) is 0 Å². The Kier molecular flexibility index (Phi) is 49.7. The van der Waals surface area contributed by atoms with Crippen molar-refractivity contribution in [1.29, 1.82) is 0 Å². The van der Waals surface area contributed by atoms with E-state index < -0.39 is 97.5 Å². The Morgan fingerprint density at radius 1 is 0.351 bits per heavy atom. The molecule has 0 aliphatic carbocycles. The molecule has 3 N–H and O–H groups in total. The lowest BCUT2D eigenvalue weighted by Crippen LogP contribution is -2.30. The number of aliphatic hydroxyl groups is 1. The molecule has 0 spiro atoms. The molecule has 5 atom stereocenters.